The second-order valence-corrected chi connectivity index (χ2v) is 8.77. The van der Waals surface area contributed by atoms with Crippen molar-refractivity contribution in [1.29, 1.82) is 0 Å². The predicted octanol–water partition coefficient (Wildman–Crippen LogP) is 1.51. The van der Waals surface area contributed by atoms with Crippen molar-refractivity contribution in [2.45, 2.75) is 18.0 Å². The molecule has 2 heterocycles. The van der Waals surface area contributed by atoms with Crippen molar-refractivity contribution < 1.29 is 22.4 Å². The lowest BCUT2D eigenvalue weighted by molar-refractivity contribution is 0.172. The number of ether oxygens (including phenoxy) is 1. The smallest absolute Gasteiger partial charge is 0.414 e. The van der Waals surface area contributed by atoms with Gasteiger partial charge in [0.1, 0.15) is 11.3 Å². The Hall–Kier alpha value is -3.28. The Balaban J connectivity index is 2.06. The maximum Gasteiger partial charge on any atom is 0.414 e. The molecule has 0 saturated heterocycles. The third-order valence-electron chi connectivity index (χ3n) is 4.67. The Morgan fingerprint density at radius 1 is 1.26 bits per heavy atom. The van der Waals surface area contributed by atoms with Gasteiger partial charge in [0.2, 0.25) is 0 Å². The Labute approximate surface area is 178 Å². The molecular formula is C20H22N4O6S. The summed E-state index contributed by atoms with van der Waals surface area (Å²) in [6, 6.07) is 8.01. The van der Waals surface area contributed by atoms with E-state index in [1.165, 1.54) is 36.2 Å². The first-order valence-corrected chi connectivity index (χ1v) is 10.7. The first-order chi connectivity index (χ1) is 14.5. The van der Waals surface area contributed by atoms with Gasteiger partial charge >= 0.3 is 11.7 Å². The highest BCUT2D eigenvalue weighted by Gasteiger charge is 2.23. The summed E-state index contributed by atoms with van der Waals surface area (Å²) in [5.74, 6) is 0.220. The van der Waals surface area contributed by atoms with E-state index in [1.807, 2.05) is 0 Å². The molecule has 0 aliphatic carbocycles. The molecule has 1 aromatic carbocycles. The predicted molar refractivity (Wildman–Crippen MR) is 113 cm³/mol. The number of hydrogen-bond donors (Lipinski definition) is 2. The standard InChI is InChI=1S/C20H22N4O6S/c1-11-13-9-8-12(29-20(26)24(3)4)10-15(13)30-19(25)17(11)18(21)14-6-5-7-16(23-14)31(27,28)22-2/h5-10,18,22H,21H2,1-4H3. The monoisotopic (exact) mass is 446 g/mol. The van der Waals surface area contributed by atoms with Gasteiger partial charge in [-0.05, 0) is 43.8 Å². The summed E-state index contributed by atoms with van der Waals surface area (Å²) < 4.78 is 36.9. The molecule has 3 N–H and O–H groups in total. The number of nitrogens with two attached hydrogens (primary N) is 1. The topological polar surface area (TPSA) is 145 Å². The Bertz CT molecular complexity index is 1320. The van der Waals surface area contributed by atoms with Gasteiger partial charge in [-0.3, -0.25) is 0 Å². The second kappa shape index (κ2) is 8.46. The number of hydrogen-bond acceptors (Lipinski definition) is 8. The summed E-state index contributed by atoms with van der Waals surface area (Å²) in [7, 11) is 0.594. The number of nitrogens with zero attached hydrogens (tertiary/aromatic N) is 2. The van der Waals surface area contributed by atoms with Gasteiger partial charge in [-0.2, -0.15) is 0 Å². The molecule has 1 unspecified atom stereocenters. The first-order valence-electron chi connectivity index (χ1n) is 9.17. The number of rotatable bonds is 5. The number of benzene rings is 1. The normalized spacial score (nSPS) is 12.5. The summed E-state index contributed by atoms with van der Waals surface area (Å²) in [4.78, 5) is 29.8. The van der Waals surface area contributed by atoms with Crippen molar-refractivity contribution in [2.24, 2.45) is 5.73 Å². The van der Waals surface area contributed by atoms with Crippen LogP contribution in [0.2, 0.25) is 0 Å². The molecule has 31 heavy (non-hydrogen) atoms. The lowest BCUT2D eigenvalue weighted by atomic mass is 9.98. The first kappa shape index (κ1) is 22.4. The summed E-state index contributed by atoms with van der Waals surface area (Å²) in [5.41, 5.74) is 6.70. The number of carbonyl (C=O) groups excluding carboxylic acids is 1. The molecule has 0 bridgehead atoms. The molecule has 0 fully saturated rings. The summed E-state index contributed by atoms with van der Waals surface area (Å²) >= 11 is 0. The van der Waals surface area contributed by atoms with Crippen LogP contribution < -0.4 is 20.8 Å². The minimum absolute atomic E-state index is 0.150. The molecule has 1 atom stereocenters. The summed E-state index contributed by atoms with van der Waals surface area (Å²) in [5, 5.41) is 0.381. The fraction of sp³-hybridized carbons (Fsp3) is 0.250. The number of aryl methyl sites for hydroxylation is 1. The zero-order valence-corrected chi connectivity index (χ0v) is 18.2. The van der Waals surface area contributed by atoms with Crippen molar-refractivity contribution in [3.05, 3.63) is 63.6 Å². The highest BCUT2D eigenvalue weighted by molar-refractivity contribution is 7.89. The molecule has 3 rings (SSSR count). The maximum absolute atomic E-state index is 12.7. The average Bonchev–Trinajstić information content (AvgIpc) is 2.73. The van der Waals surface area contributed by atoms with E-state index >= 15 is 0 Å². The van der Waals surface area contributed by atoms with E-state index in [1.54, 1.807) is 33.2 Å². The highest BCUT2D eigenvalue weighted by atomic mass is 32.2. The largest absolute Gasteiger partial charge is 0.422 e. The Kier molecular flexibility index (Phi) is 6.11. The molecule has 0 radical (unpaired) electrons. The van der Waals surface area contributed by atoms with Crippen LogP contribution in [0.15, 0.2) is 50.6 Å². The summed E-state index contributed by atoms with van der Waals surface area (Å²) in [6.07, 6.45) is -0.570. The number of nitrogens with one attached hydrogen (secondary N) is 1. The third kappa shape index (κ3) is 4.43. The van der Waals surface area contributed by atoms with Crippen LogP contribution in [0.25, 0.3) is 11.0 Å². The van der Waals surface area contributed by atoms with Crippen LogP contribution in [0, 0.1) is 6.92 Å². The van der Waals surface area contributed by atoms with Crippen LogP contribution in [-0.2, 0) is 10.0 Å². The zero-order valence-electron chi connectivity index (χ0n) is 17.4. The van der Waals surface area contributed by atoms with E-state index in [4.69, 9.17) is 14.9 Å². The van der Waals surface area contributed by atoms with E-state index in [0.29, 0.717) is 10.9 Å². The third-order valence-corrected chi connectivity index (χ3v) is 5.99. The van der Waals surface area contributed by atoms with Crippen LogP contribution in [0.3, 0.4) is 0 Å². The number of fused-ring (bicyclic) bond motifs is 1. The van der Waals surface area contributed by atoms with Crippen molar-refractivity contribution >= 4 is 27.1 Å². The van der Waals surface area contributed by atoms with Crippen molar-refractivity contribution in [3.8, 4) is 5.75 Å². The van der Waals surface area contributed by atoms with Crippen LogP contribution in [-0.4, -0.2) is 45.5 Å². The zero-order chi connectivity index (χ0) is 22.9. The van der Waals surface area contributed by atoms with E-state index in [-0.39, 0.29) is 27.6 Å². The van der Waals surface area contributed by atoms with Crippen molar-refractivity contribution in [2.75, 3.05) is 21.1 Å². The minimum atomic E-state index is -3.78. The van der Waals surface area contributed by atoms with Gasteiger partial charge in [0.25, 0.3) is 10.0 Å². The van der Waals surface area contributed by atoms with Gasteiger partial charge < -0.3 is 19.8 Å². The molecule has 10 nitrogen and oxygen atoms in total. The van der Waals surface area contributed by atoms with Crippen LogP contribution in [0.4, 0.5) is 4.79 Å². The molecule has 0 saturated carbocycles. The van der Waals surface area contributed by atoms with E-state index in [0.717, 1.165) is 0 Å². The minimum Gasteiger partial charge on any atom is -0.422 e. The second-order valence-electron chi connectivity index (χ2n) is 6.93. The molecule has 3 aromatic rings. The molecular weight excluding hydrogens is 424 g/mol. The molecule has 0 spiro atoms. The van der Waals surface area contributed by atoms with E-state index in [9.17, 15) is 18.0 Å². The van der Waals surface area contributed by atoms with Gasteiger partial charge in [-0.1, -0.05) is 6.07 Å². The fourth-order valence-corrected chi connectivity index (χ4v) is 3.66. The van der Waals surface area contributed by atoms with Crippen LogP contribution >= 0.6 is 0 Å². The molecule has 0 aliphatic heterocycles. The quantitative estimate of drug-likeness (QED) is 0.561. The molecule has 11 heteroatoms. The van der Waals surface area contributed by atoms with Crippen LogP contribution in [0.1, 0.15) is 22.9 Å². The number of pyridine rings is 1. The number of sulfonamides is 1. The van der Waals surface area contributed by atoms with E-state index in [2.05, 4.69) is 9.71 Å². The van der Waals surface area contributed by atoms with E-state index < -0.39 is 27.8 Å². The SMILES string of the molecule is CNS(=O)(=O)c1cccc(C(N)c2c(C)c3ccc(OC(=O)N(C)C)cc3oc2=O)n1. The Morgan fingerprint density at radius 2 is 1.97 bits per heavy atom. The highest BCUT2D eigenvalue weighted by Crippen LogP contribution is 2.28. The van der Waals surface area contributed by atoms with Crippen LogP contribution in [0.5, 0.6) is 5.75 Å². The van der Waals surface area contributed by atoms with Gasteiger partial charge in [0.05, 0.1) is 17.3 Å². The van der Waals surface area contributed by atoms with Gasteiger partial charge in [0.15, 0.2) is 5.03 Å². The summed E-state index contributed by atoms with van der Waals surface area (Å²) in [6.45, 7) is 1.70. The molecule has 1 amide bonds. The van der Waals surface area contributed by atoms with Gasteiger partial charge in [-0.25, -0.2) is 27.7 Å². The van der Waals surface area contributed by atoms with Crippen molar-refractivity contribution in [1.82, 2.24) is 14.6 Å². The fourth-order valence-electron chi connectivity index (χ4n) is 2.97. The number of amides is 1. The van der Waals surface area contributed by atoms with Gasteiger partial charge in [0, 0.05) is 25.5 Å². The van der Waals surface area contributed by atoms with Gasteiger partial charge in [-0.15, -0.1) is 0 Å². The maximum atomic E-state index is 12.7. The average molecular weight is 446 g/mol. The number of carbonyl (C=O) groups is 1. The number of aromatic nitrogens is 1. The lowest BCUT2D eigenvalue weighted by Crippen LogP contribution is -2.25. The molecule has 0 aliphatic rings. The molecule has 164 valence electrons. The molecule has 2 aromatic heterocycles. The lowest BCUT2D eigenvalue weighted by Gasteiger charge is -2.16. The van der Waals surface area contributed by atoms with Crippen molar-refractivity contribution in [3.63, 3.8) is 0 Å². The Morgan fingerprint density at radius 3 is 2.61 bits per heavy atom.